The highest BCUT2D eigenvalue weighted by Gasteiger charge is 2.04. The molecular formula is C7H8O4. The molecule has 0 radical (unpaired) electrons. The molecule has 0 aromatic carbocycles. The van der Waals surface area contributed by atoms with Gasteiger partial charge < -0.3 is 14.3 Å². The molecule has 4 heteroatoms. The minimum atomic E-state index is -0.493. The normalized spacial score (nSPS) is 8.09. The second-order valence-corrected chi connectivity index (χ2v) is 1.56. The quantitative estimate of drug-likeness (QED) is 0.624. The van der Waals surface area contributed by atoms with Gasteiger partial charge in [0, 0.05) is 0 Å². The summed E-state index contributed by atoms with van der Waals surface area (Å²) >= 11 is 0. The molecule has 0 unspecified atom stereocenters. The van der Waals surface area contributed by atoms with Crippen molar-refractivity contribution in [3.63, 3.8) is 0 Å². The Morgan fingerprint density at radius 2 is 2.27 bits per heavy atom. The molecule has 1 rings (SSSR count). The first-order valence-corrected chi connectivity index (χ1v) is 2.81. The van der Waals surface area contributed by atoms with E-state index in [1.54, 1.807) is 6.07 Å². The van der Waals surface area contributed by atoms with E-state index in [4.69, 9.17) is 9.90 Å². The van der Waals surface area contributed by atoms with E-state index in [-0.39, 0.29) is 11.5 Å². The van der Waals surface area contributed by atoms with Crippen LogP contribution in [0.3, 0.4) is 0 Å². The van der Waals surface area contributed by atoms with Gasteiger partial charge in [-0.3, -0.25) is 4.79 Å². The highest BCUT2D eigenvalue weighted by Crippen LogP contribution is 1.99. The third kappa shape index (κ3) is 2.77. The molecule has 11 heavy (non-hydrogen) atoms. The van der Waals surface area contributed by atoms with Crippen molar-refractivity contribution in [3.05, 3.63) is 24.2 Å². The van der Waals surface area contributed by atoms with Gasteiger partial charge in [0.05, 0.1) is 6.26 Å². The number of aliphatic hydroxyl groups excluding tert-OH is 1. The minimum Gasteiger partial charge on any atom is -0.461 e. The van der Waals surface area contributed by atoms with Gasteiger partial charge in [0.2, 0.25) is 5.78 Å². The molecule has 0 spiro atoms. The Hall–Kier alpha value is -1.42. The zero-order valence-electron chi connectivity index (χ0n) is 5.82. The first-order valence-electron chi connectivity index (χ1n) is 2.81. The summed E-state index contributed by atoms with van der Waals surface area (Å²) in [5, 5.41) is 8.30. The van der Waals surface area contributed by atoms with Gasteiger partial charge in [-0.1, -0.05) is 0 Å². The van der Waals surface area contributed by atoms with Crippen LogP contribution >= 0.6 is 0 Å². The van der Waals surface area contributed by atoms with Crippen LogP contribution in [0.15, 0.2) is 22.8 Å². The molecule has 0 bridgehead atoms. The number of aliphatic hydroxyl groups is 1. The lowest BCUT2D eigenvalue weighted by Gasteiger charge is -1.85. The van der Waals surface area contributed by atoms with Crippen molar-refractivity contribution in [2.75, 3.05) is 6.61 Å². The van der Waals surface area contributed by atoms with Crippen LogP contribution in [0, 0.1) is 0 Å². The van der Waals surface area contributed by atoms with Gasteiger partial charge in [0.1, 0.15) is 13.4 Å². The Morgan fingerprint density at radius 3 is 2.64 bits per heavy atom. The number of carbonyl (C=O) groups excluding carboxylic acids is 2. The number of ketones is 1. The number of Topliss-reactive ketones (excluding diaryl/α,β-unsaturated/α-hetero) is 1. The molecule has 0 saturated carbocycles. The van der Waals surface area contributed by atoms with E-state index in [0.717, 1.165) is 0 Å². The number of carbonyl (C=O) groups is 2. The van der Waals surface area contributed by atoms with Gasteiger partial charge in [0.15, 0.2) is 5.76 Å². The monoisotopic (exact) mass is 156 g/mol. The van der Waals surface area contributed by atoms with Crippen molar-refractivity contribution in [3.8, 4) is 0 Å². The van der Waals surface area contributed by atoms with Crippen LogP contribution in [-0.2, 0) is 4.79 Å². The summed E-state index contributed by atoms with van der Waals surface area (Å²) in [6.07, 6.45) is 1.39. The first kappa shape index (κ1) is 9.58. The van der Waals surface area contributed by atoms with Gasteiger partial charge in [-0.05, 0) is 12.1 Å². The van der Waals surface area contributed by atoms with E-state index in [0.29, 0.717) is 0 Å². The van der Waals surface area contributed by atoms with Crippen molar-refractivity contribution < 1.29 is 19.1 Å². The van der Waals surface area contributed by atoms with Crippen LogP contribution < -0.4 is 0 Å². The molecule has 60 valence electrons. The second kappa shape index (κ2) is 5.37. The van der Waals surface area contributed by atoms with Crippen molar-refractivity contribution in [1.82, 2.24) is 0 Å². The van der Waals surface area contributed by atoms with E-state index in [1.807, 2.05) is 6.79 Å². The summed E-state index contributed by atoms with van der Waals surface area (Å²) in [5.41, 5.74) is 0. The van der Waals surface area contributed by atoms with Gasteiger partial charge in [0.25, 0.3) is 0 Å². The highest BCUT2D eigenvalue weighted by molar-refractivity contribution is 5.94. The fourth-order valence-corrected chi connectivity index (χ4v) is 0.515. The number of rotatable bonds is 2. The molecule has 1 aromatic rings. The third-order valence-electron chi connectivity index (χ3n) is 0.940. The van der Waals surface area contributed by atoms with Crippen molar-refractivity contribution in [2.45, 2.75) is 0 Å². The van der Waals surface area contributed by atoms with Crippen LogP contribution in [0.25, 0.3) is 0 Å². The smallest absolute Gasteiger partial charge is 0.223 e. The summed E-state index contributed by atoms with van der Waals surface area (Å²) < 4.78 is 4.68. The summed E-state index contributed by atoms with van der Waals surface area (Å²) in [4.78, 5) is 18.5. The molecule has 0 amide bonds. The average Bonchev–Trinajstić information content (AvgIpc) is 2.59. The minimum absolute atomic E-state index is 0.206. The lowest BCUT2D eigenvalue weighted by molar-refractivity contribution is -0.0979. The van der Waals surface area contributed by atoms with Crippen LogP contribution in [-0.4, -0.2) is 24.3 Å². The standard InChI is InChI=1S/C6H6O3.CH2O/c7-4-5(8)6-2-1-3-9-6;1-2/h1-3,7H,4H2;1H2. The lowest BCUT2D eigenvalue weighted by Crippen LogP contribution is -2.01. The summed E-state index contributed by atoms with van der Waals surface area (Å²) in [5.74, 6) is -0.183. The number of furan rings is 1. The second-order valence-electron chi connectivity index (χ2n) is 1.56. The fourth-order valence-electron chi connectivity index (χ4n) is 0.515. The van der Waals surface area contributed by atoms with E-state index in [9.17, 15) is 4.79 Å². The maximum absolute atomic E-state index is 10.5. The van der Waals surface area contributed by atoms with Gasteiger partial charge in [-0.2, -0.15) is 0 Å². The predicted octanol–water partition coefficient (Wildman–Crippen LogP) is 0.270. The molecule has 0 aliphatic rings. The lowest BCUT2D eigenvalue weighted by atomic mass is 10.3. The van der Waals surface area contributed by atoms with Crippen LogP contribution in [0.4, 0.5) is 0 Å². The molecule has 0 saturated heterocycles. The maximum atomic E-state index is 10.5. The average molecular weight is 156 g/mol. The summed E-state index contributed by atoms with van der Waals surface area (Å²) in [6.45, 7) is 1.51. The van der Waals surface area contributed by atoms with E-state index in [2.05, 4.69) is 4.42 Å². The van der Waals surface area contributed by atoms with Crippen molar-refractivity contribution >= 4 is 12.6 Å². The van der Waals surface area contributed by atoms with Crippen molar-refractivity contribution in [1.29, 1.82) is 0 Å². The van der Waals surface area contributed by atoms with Gasteiger partial charge >= 0.3 is 0 Å². The third-order valence-corrected chi connectivity index (χ3v) is 0.940. The molecule has 1 aromatic heterocycles. The summed E-state index contributed by atoms with van der Waals surface area (Å²) in [6, 6.07) is 3.11. The first-order chi connectivity index (χ1) is 5.34. The summed E-state index contributed by atoms with van der Waals surface area (Å²) in [7, 11) is 0. The number of hydrogen-bond donors (Lipinski definition) is 1. The molecule has 1 heterocycles. The fraction of sp³-hybridized carbons (Fsp3) is 0.143. The Bertz CT molecular complexity index is 202. The van der Waals surface area contributed by atoms with Gasteiger partial charge in [-0.15, -0.1) is 0 Å². The van der Waals surface area contributed by atoms with E-state index in [1.165, 1.54) is 12.3 Å². The molecular weight excluding hydrogens is 148 g/mol. The van der Waals surface area contributed by atoms with Crippen molar-refractivity contribution in [2.24, 2.45) is 0 Å². The molecule has 0 atom stereocenters. The van der Waals surface area contributed by atoms with Crippen LogP contribution in [0.5, 0.6) is 0 Å². The highest BCUT2D eigenvalue weighted by atomic mass is 16.3. The molecule has 1 N–H and O–H groups in total. The zero-order chi connectivity index (χ0) is 8.69. The largest absolute Gasteiger partial charge is 0.461 e. The predicted molar refractivity (Wildman–Crippen MR) is 37.2 cm³/mol. The van der Waals surface area contributed by atoms with E-state index < -0.39 is 6.61 Å². The molecule has 4 nitrogen and oxygen atoms in total. The Labute approximate surface area is 63.4 Å². The Morgan fingerprint density at radius 1 is 1.64 bits per heavy atom. The molecule has 0 aliphatic heterocycles. The maximum Gasteiger partial charge on any atom is 0.223 e. The van der Waals surface area contributed by atoms with Crippen LogP contribution in [0.2, 0.25) is 0 Å². The SMILES string of the molecule is C=O.O=C(CO)c1ccco1. The topological polar surface area (TPSA) is 67.5 Å². The Kier molecular flexibility index (Phi) is 4.68. The molecule has 0 fully saturated rings. The van der Waals surface area contributed by atoms with Crippen LogP contribution in [0.1, 0.15) is 10.6 Å². The Balaban J connectivity index is 0.000000461. The van der Waals surface area contributed by atoms with Gasteiger partial charge in [-0.25, -0.2) is 0 Å². The van der Waals surface area contributed by atoms with E-state index >= 15 is 0 Å². The zero-order valence-corrected chi connectivity index (χ0v) is 5.82. The molecule has 0 aliphatic carbocycles. The number of hydrogen-bond acceptors (Lipinski definition) is 4.